The van der Waals surface area contributed by atoms with Crippen molar-refractivity contribution in [3.8, 4) is 11.5 Å². The highest BCUT2D eigenvalue weighted by Crippen LogP contribution is 2.26. The molecule has 1 saturated heterocycles. The van der Waals surface area contributed by atoms with Gasteiger partial charge < -0.3 is 9.09 Å². The third kappa shape index (κ3) is 3.83. The smallest absolute Gasteiger partial charge is 0.262 e. The molecule has 142 valence electrons. The third-order valence-electron chi connectivity index (χ3n) is 4.43. The molecule has 1 aliphatic rings. The van der Waals surface area contributed by atoms with E-state index in [0.29, 0.717) is 24.8 Å². The van der Waals surface area contributed by atoms with Gasteiger partial charge >= 0.3 is 0 Å². The number of hydrogen-bond acceptors (Lipinski definition) is 6. The first-order valence-electron chi connectivity index (χ1n) is 8.63. The number of aromatic nitrogens is 4. The molecule has 4 rings (SSSR count). The molecule has 0 bridgehead atoms. The van der Waals surface area contributed by atoms with Gasteiger partial charge in [0, 0.05) is 23.8 Å². The number of sulfonamides is 1. The van der Waals surface area contributed by atoms with Crippen molar-refractivity contribution < 1.29 is 12.9 Å². The van der Waals surface area contributed by atoms with Crippen LogP contribution >= 0.6 is 15.9 Å². The first-order chi connectivity index (χ1) is 13.0. The molecule has 0 unspecified atom stereocenters. The first kappa shape index (κ1) is 18.3. The molecule has 2 aromatic heterocycles. The molecule has 1 aromatic carbocycles. The summed E-state index contributed by atoms with van der Waals surface area (Å²) >= 11 is 3.46. The maximum atomic E-state index is 12.7. The van der Waals surface area contributed by atoms with Crippen molar-refractivity contribution in [2.75, 3.05) is 13.1 Å². The van der Waals surface area contributed by atoms with Gasteiger partial charge in [-0.1, -0.05) is 23.7 Å². The number of piperidine rings is 1. The Morgan fingerprint density at radius 2 is 1.93 bits per heavy atom. The summed E-state index contributed by atoms with van der Waals surface area (Å²) in [5, 5.41) is 4.03. The van der Waals surface area contributed by atoms with E-state index in [4.69, 9.17) is 4.52 Å². The Kier molecular flexibility index (Phi) is 5.11. The molecule has 0 atom stereocenters. The highest BCUT2D eigenvalue weighted by molar-refractivity contribution is 9.10. The van der Waals surface area contributed by atoms with E-state index < -0.39 is 10.0 Å². The van der Waals surface area contributed by atoms with Gasteiger partial charge in [-0.3, -0.25) is 0 Å². The Morgan fingerprint density at radius 3 is 2.70 bits per heavy atom. The highest BCUT2D eigenvalue weighted by atomic mass is 79.9. The predicted octanol–water partition coefficient (Wildman–Crippen LogP) is 2.92. The quantitative estimate of drug-likeness (QED) is 0.591. The van der Waals surface area contributed by atoms with Gasteiger partial charge in [-0.15, -0.1) is 0 Å². The SMILES string of the molecule is O=S(=O)(c1cn(Cc2noc(-c3ccccc3Br)n2)cn1)N1CCCCC1. The van der Waals surface area contributed by atoms with Crippen molar-refractivity contribution in [2.24, 2.45) is 0 Å². The van der Waals surface area contributed by atoms with Gasteiger partial charge in [0.15, 0.2) is 10.9 Å². The van der Waals surface area contributed by atoms with Gasteiger partial charge in [0.25, 0.3) is 15.9 Å². The molecule has 0 saturated carbocycles. The van der Waals surface area contributed by atoms with Gasteiger partial charge in [0.2, 0.25) is 0 Å². The topological polar surface area (TPSA) is 94.1 Å². The second-order valence-corrected chi connectivity index (χ2v) is 9.08. The van der Waals surface area contributed by atoms with Crippen molar-refractivity contribution in [1.29, 1.82) is 0 Å². The lowest BCUT2D eigenvalue weighted by molar-refractivity contribution is 0.345. The van der Waals surface area contributed by atoms with Crippen molar-refractivity contribution in [1.82, 2.24) is 24.0 Å². The van der Waals surface area contributed by atoms with E-state index in [1.165, 1.54) is 16.8 Å². The van der Waals surface area contributed by atoms with Crippen LogP contribution < -0.4 is 0 Å². The van der Waals surface area contributed by atoms with Gasteiger partial charge in [0.1, 0.15) is 0 Å². The zero-order valence-electron chi connectivity index (χ0n) is 14.5. The summed E-state index contributed by atoms with van der Waals surface area (Å²) in [7, 11) is -3.55. The molecule has 8 nitrogen and oxygen atoms in total. The lowest BCUT2D eigenvalue weighted by Gasteiger charge is -2.24. The molecule has 0 aliphatic carbocycles. The normalized spacial score (nSPS) is 15.9. The van der Waals surface area contributed by atoms with E-state index in [9.17, 15) is 8.42 Å². The van der Waals surface area contributed by atoms with Crippen LogP contribution in [0.2, 0.25) is 0 Å². The zero-order valence-corrected chi connectivity index (χ0v) is 16.9. The number of benzene rings is 1. The molecular formula is C17H18BrN5O3S. The molecule has 27 heavy (non-hydrogen) atoms. The summed E-state index contributed by atoms with van der Waals surface area (Å²) < 4.78 is 34.7. The summed E-state index contributed by atoms with van der Waals surface area (Å²) in [6.45, 7) is 1.38. The number of nitrogens with zero attached hydrogens (tertiary/aromatic N) is 5. The predicted molar refractivity (Wildman–Crippen MR) is 101 cm³/mol. The van der Waals surface area contributed by atoms with Crippen LogP contribution in [0, 0.1) is 0 Å². The fraction of sp³-hybridized carbons (Fsp3) is 0.353. The standard InChI is InChI=1S/C17H18BrN5O3S/c18-14-7-3-2-6-13(14)17-20-15(21-26-17)10-22-11-16(19-12-22)27(24,25)23-8-4-1-5-9-23/h2-3,6-7,11-12H,1,4-5,8-10H2. The lowest BCUT2D eigenvalue weighted by atomic mass is 10.2. The monoisotopic (exact) mass is 451 g/mol. The molecule has 0 radical (unpaired) electrons. The average molecular weight is 452 g/mol. The fourth-order valence-electron chi connectivity index (χ4n) is 3.02. The summed E-state index contributed by atoms with van der Waals surface area (Å²) in [6, 6.07) is 7.56. The molecule has 0 N–H and O–H groups in total. The lowest BCUT2D eigenvalue weighted by Crippen LogP contribution is -2.35. The van der Waals surface area contributed by atoms with Crippen LogP contribution in [0.4, 0.5) is 0 Å². The molecule has 1 aliphatic heterocycles. The molecule has 0 spiro atoms. The molecule has 10 heteroatoms. The number of hydrogen-bond donors (Lipinski definition) is 0. The minimum absolute atomic E-state index is 0.0546. The highest BCUT2D eigenvalue weighted by Gasteiger charge is 2.28. The maximum Gasteiger partial charge on any atom is 0.262 e. The Hall–Kier alpha value is -2.04. The van der Waals surface area contributed by atoms with E-state index in [1.807, 2.05) is 24.3 Å². The van der Waals surface area contributed by atoms with Gasteiger partial charge in [0.05, 0.1) is 18.4 Å². The zero-order chi connectivity index (χ0) is 18.9. The Bertz CT molecular complexity index is 1040. The van der Waals surface area contributed by atoms with Crippen LogP contribution in [-0.2, 0) is 16.6 Å². The van der Waals surface area contributed by atoms with Crippen molar-refractivity contribution in [3.63, 3.8) is 0 Å². The molecule has 3 heterocycles. The number of rotatable bonds is 5. The van der Waals surface area contributed by atoms with Crippen molar-refractivity contribution >= 4 is 26.0 Å². The van der Waals surface area contributed by atoms with Crippen LogP contribution in [0.1, 0.15) is 25.1 Å². The van der Waals surface area contributed by atoms with Gasteiger partial charge in [-0.2, -0.15) is 9.29 Å². The summed E-state index contributed by atoms with van der Waals surface area (Å²) in [6.07, 6.45) is 5.84. The van der Waals surface area contributed by atoms with E-state index in [1.54, 1.807) is 4.57 Å². The largest absolute Gasteiger partial charge is 0.334 e. The van der Waals surface area contributed by atoms with Gasteiger partial charge in [-0.25, -0.2) is 13.4 Å². The second kappa shape index (κ2) is 7.53. The Labute approximate surface area is 165 Å². The van der Waals surface area contributed by atoms with E-state index in [-0.39, 0.29) is 11.6 Å². The summed E-state index contributed by atoms with van der Waals surface area (Å²) in [4.78, 5) is 8.46. The van der Waals surface area contributed by atoms with Crippen LogP contribution in [0.3, 0.4) is 0 Å². The van der Waals surface area contributed by atoms with Crippen LogP contribution in [0.5, 0.6) is 0 Å². The third-order valence-corrected chi connectivity index (χ3v) is 6.90. The van der Waals surface area contributed by atoms with Crippen LogP contribution in [0.25, 0.3) is 11.5 Å². The molecule has 3 aromatic rings. The fourth-order valence-corrected chi connectivity index (χ4v) is 4.93. The minimum Gasteiger partial charge on any atom is -0.334 e. The number of imidazole rings is 1. The first-order valence-corrected chi connectivity index (χ1v) is 10.9. The van der Waals surface area contributed by atoms with E-state index in [0.717, 1.165) is 29.3 Å². The average Bonchev–Trinajstić information content (AvgIpc) is 3.33. The second-order valence-electron chi connectivity index (χ2n) is 6.34. The van der Waals surface area contributed by atoms with E-state index in [2.05, 4.69) is 31.1 Å². The number of halogens is 1. The summed E-state index contributed by atoms with van der Waals surface area (Å²) in [5.41, 5.74) is 0.801. The Balaban J connectivity index is 1.51. The van der Waals surface area contributed by atoms with Crippen molar-refractivity contribution in [3.05, 3.63) is 47.1 Å². The Morgan fingerprint density at radius 1 is 1.15 bits per heavy atom. The molecular weight excluding hydrogens is 434 g/mol. The van der Waals surface area contributed by atoms with E-state index >= 15 is 0 Å². The van der Waals surface area contributed by atoms with Crippen molar-refractivity contribution in [2.45, 2.75) is 30.8 Å². The molecule has 1 fully saturated rings. The summed E-state index contributed by atoms with van der Waals surface area (Å²) in [5.74, 6) is 0.846. The minimum atomic E-state index is -3.55. The molecule has 0 amide bonds. The van der Waals surface area contributed by atoms with Gasteiger partial charge in [-0.05, 0) is 40.9 Å². The maximum absolute atomic E-state index is 12.7. The van der Waals surface area contributed by atoms with Crippen LogP contribution in [-0.4, -0.2) is 45.5 Å². The van der Waals surface area contributed by atoms with Crippen LogP contribution in [0.15, 0.2) is 50.8 Å².